The zero-order chi connectivity index (χ0) is 94.9. The monoisotopic (exact) mass is 2270 g/mol. The van der Waals surface area contributed by atoms with Gasteiger partial charge in [0.25, 0.3) is 5.92 Å². The van der Waals surface area contributed by atoms with Gasteiger partial charge in [-0.05, 0) is 95.8 Å². The van der Waals surface area contributed by atoms with Gasteiger partial charge in [0.1, 0.15) is 39.7 Å². The molecule has 750 valence electrons. The molecule has 13 unspecified atom stereocenters. The van der Waals surface area contributed by atoms with E-state index < -0.39 is 200 Å². The molecule has 3 spiro atoms. The average Bonchev–Trinajstić information content (AvgIpc) is 1.03. The van der Waals surface area contributed by atoms with E-state index in [1.807, 2.05) is 0 Å². The Morgan fingerprint density at radius 1 is 0.418 bits per heavy atom. The summed E-state index contributed by atoms with van der Waals surface area (Å²) in [4.78, 5) is 46.2. The number of rotatable bonds is 21. The molecule has 0 amide bonds. The summed E-state index contributed by atoms with van der Waals surface area (Å²) in [5.41, 5.74) is -4.21. The SMILES string of the molecule is C.CC(F)(F)C(=O)OC1C2CCC(C2)C1(O)OCC1(F)COC2(OCC1(F)F)C1CCC(C1)C2OC(=O)C(C)(F)F.CC(F)(F)C(=O)OC1CCCCC12OCC(F)(F)C(F)(F)CO2.CC(F)(F)C(=O)OCCOC12CC3CC(C1)C1(OCC(F)(F)C(CF)O1)C(C3)C2.O.O.c1ccc([I-]c2ccccc2)cc1.c1ccc([I-]c2ccccc2)cc1.c1ccc([I-]c2ccccc2)cc1. The fourth-order valence-electron chi connectivity index (χ4n) is 18.4. The van der Waals surface area contributed by atoms with Crippen LogP contribution in [0, 0.1) is 62.8 Å². The normalized spacial score (nSPS) is 30.5. The molecule has 0 aromatic heterocycles. The Morgan fingerprint density at radius 3 is 1.22 bits per heavy atom. The van der Waals surface area contributed by atoms with E-state index in [1.54, 1.807) is 0 Å². The molecular formula is C94H110F18I3O19-3. The fourth-order valence-corrected chi connectivity index (χ4v) is 25.2. The van der Waals surface area contributed by atoms with E-state index in [4.69, 9.17) is 47.4 Å². The Hall–Kier alpha value is -6.31. The Bertz CT molecular complexity index is 4390. The summed E-state index contributed by atoms with van der Waals surface area (Å²) in [6, 6.07) is 64.2. The quantitative estimate of drug-likeness (QED) is 0.0176. The molecule has 6 aromatic carbocycles. The molecule has 3 saturated heterocycles. The molecule has 12 fully saturated rings. The van der Waals surface area contributed by atoms with E-state index in [1.165, 1.54) is 21.4 Å². The third-order valence-corrected chi connectivity index (χ3v) is 32.9. The van der Waals surface area contributed by atoms with Gasteiger partial charge in [-0.2, -0.15) is 52.7 Å². The fraction of sp³-hybridized carbons (Fsp3) is 0.574. The van der Waals surface area contributed by atoms with E-state index >= 15 is 13.2 Å². The van der Waals surface area contributed by atoms with Gasteiger partial charge in [-0.1, -0.05) is 7.43 Å². The van der Waals surface area contributed by atoms with Crippen LogP contribution in [0.1, 0.15) is 131 Å². The van der Waals surface area contributed by atoms with E-state index in [9.17, 15) is 90.1 Å². The van der Waals surface area contributed by atoms with Crippen molar-refractivity contribution >= 4 is 23.9 Å². The van der Waals surface area contributed by atoms with Crippen LogP contribution in [0.15, 0.2) is 182 Å². The van der Waals surface area contributed by atoms with Crippen molar-refractivity contribution in [1.29, 1.82) is 0 Å². The van der Waals surface area contributed by atoms with E-state index in [-0.39, 0.29) is 133 Å². The van der Waals surface area contributed by atoms with Gasteiger partial charge in [-0.15, -0.1) is 0 Å². The number of alkyl halides is 18. The first-order valence-electron chi connectivity index (χ1n) is 42.8. The van der Waals surface area contributed by atoms with E-state index in [0.717, 1.165) is 19.3 Å². The molecule has 0 radical (unpaired) electrons. The number of hydrogen-bond donors (Lipinski definition) is 1. The molecule has 5 N–H and O–H groups in total. The van der Waals surface area contributed by atoms with Gasteiger partial charge >= 0.3 is 332 Å². The number of benzene rings is 6. The number of hydrogen-bond acceptors (Lipinski definition) is 17. The summed E-state index contributed by atoms with van der Waals surface area (Å²) in [6.45, 7) is -8.88. The Kier molecular flexibility index (Phi) is 37.8. The Balaban J connectivity index is 0.000000190. The van der Waals surface area contributed by atoms with Crippen LogP contribution < -0.4 is 63.6 Å². The van der Waals surface area contributed by atoms with Gasteiger partial charge in [0, 0.05) is 69.6 Å². The summed E-state index contributed by atoms with van der Waals surface area (Å²) in [5.74, 6) is -49.7. The molecule has 3 aliphatic heterocycles. The van der Waals surface area contributed by atoms with Gasteiger partial charge < -0.3 is 72.9 Å². The number of carbonyl (C=O) groups excluding carboxylic acids is 4. The van der Waals surface area contributed by atoms with Gasteiger partial charge in [-0.25, -0.2) is 45.5 Å². The molecule has 8 bridgehead atoms. The minimum absolute atomic E-state index is 0. The van der Waals surface area contributed by atoms with Crippen LogP contribution in [0.4, 0.5) is 79.0 Å². The van der Waals surface area contributed by atoms with Crippen molar-refractivity contribution < 1.29 is 235 Å². The first-order valence-corrected chi connectivity index (χ1v) is 49.2. The van der Waals surface area contributed by atoms with Crippen LogP contribution in [-0.4, -0.2) is 206 Å². The van der Waals surface area contributed by atoms with Gasteiger partial charge in [0.2, 0.25) is 23.0 Å². The molecule has 6 aromatic rings. The second kappa shape index (κ2) is 45.5. The van der Waals surface area contributed by atoms with Crippen LogP contribution in [0.3, 0.4) is 0 Å². The van der Waals surface area contributed by atoms with Crippen molar-refractivity contribution in [1.82, 2.24) is 0 Å². The summed E-state index contributed by atoms with van der Waals surface area (Å²) in [6.07, 6.45) is -0.624. The van der Waals surface area contributed by atoms with Crippen LogP contribution in [0.2, 0.25) is 0 Å². The van der Waals surface area contributed by atoms with Crippen molar-refractivity contribution in [2.45, 2.75) is 238 Å². The predicted octanol–water partition coefficient (Wildman–Crippen LogP) is 8.84. The zero-order valence-corrected chi connectivity index (χ0v) is 79.0. The van der Waals surface area contributed by atoms with E-state index in [2.05, 4.69) is 191 Å². The first-order chi connectivity index (χ1) is 61.6. The maximum atomic E-state index is 16.1. The Labute approximate surface area is 795 Å². The third kappa shape index (κ3) is 26.9. The molecule has 13 atom stereocenters. The molecule has 9 saturated carbocycles. The number of carbonyl (C=O) groups is 4. The predicted molar refractivity (Wildman–Crippen MR) is 434 cm³/mol. The maximum absolute atomic E-state index is 16.1. The summed E-state index contributed by atoms with van der Waals surface area (Å²) >= 11 is 0.0861. The van der Waals surface area contributed by atoms with Gasteiger partial charge in [-0.3, -0.25) is 0 Å². The summed E-state index contributed by atoms with van der Waals surface area (Å²) in [7, 11) is 0. The van der Waals surface area contributed by atoms with Gasteiger partial charge in [0.15, 0.2) is 30.2 Å². The Morgan fingerprint density at radius 2 is 0.799 bits per heavy atom. The average molecular weight is 2270 g/mol. The molecule has 134 heavy (non-hydrogen) atoms. The van der Waals surface area contributed by atoms with Crippen LogP contribution in [0.25, 0.3) is 0 Å². The second-order valence-electron chi connectivity index (χ2n) is 34.8. The molecule has 40 heteroatoms. The molecule has 18 rings (SSSR count). The molecule has 3 heterocycles. The van der Waals surface area contributed by atoms with Crippen molar-refractivity contribution in [2.75, 3.05) is 59.5 Å². The number of fused-ring (bicyclic) bond motifs is 5. The van der Waals surface area contributed by atoms with Crippen molar-refractivity contribution in [3.63, 3.8) is 0 Å². The van der Waals surface area contributed by atoms with Crippen molar-refractivity contribution in [2.24, 2.45) is 41.4 Å². The molecule has 19 nitrogen and oxygen atoms in total. The van der Waals surface area contributed by atoms with E-state index in [0.29, 0.717) is 85.0 Å². The number of aliphatic hydroxyl groups is 1. The van der Waals surface area contributed by atoms with Crippen molar-refractivity contribution in [3.8, 4) is 0 Å². The van der Waals surface area contributed by atoms with Crippen LogP contribution in [-0.2, 0) is 76.0 Å². The van der Waals surface area contributed by atoms with Crippen LogP contribution in [0.5, 0.6) is 0 Å². The summed E-state index contributed by atoms with van der Waals surface area (Å²) < 4.78 is 318. The molecule has 9 aliphatic carbocycles. The molecular weight excluding hydrogens is 2160 g/mol. The second-order valence-corrected chi connectivity index (χ2v) is 43.9. The number of halogens is 21. The zero-order valence-electron chi connectivity index (χ0n) is 72.6. The summed E-state index contributed by atoms with van der Waals surface area (Å²) in [5, 5.41) is 11.2. The third-order valence-electron chi connectivity index (χ3n) is 24.8. The van der Waals surface area contributed by atoms with Gasteiger partial charge in [0.05, 0.1) is 25.4 Å². The topological polar surface area (TPSA) is 262 Å². The number of ether oxygens (including phenoxy) is 12. The molecule has 12 aliphatic rings. The minimum atomic E-state index is -4.48. The standard InChI is InChI=1S/C25H31F7O8.C19H25F5O5.C13H16F6O4.3C12H10I.CH4.2H2O/c1-20(26,27)18(33)39-16-12-3-5-14(7-12)24(16,35)36-9-22(30)10-37-25(38-11-23(22,31)32)15-6-4-13(8-15)17(25)40-19(34)21(2,28)29;1-16(21,22)15(25)26-2-3-27-17-6-11-4-12(7-17)19(13(5-11)8-17)28-10-18(23,24)14(9-20)29-19;1-10(14,15)9(20)23-8-4-2-3-5-11(8)21-6-12(16,17)13(18,19)7-22-11;3*1-3-7-11(8-4-1)13-12-9-5-2-6-10-12;;;/h12-17,35H,3-11H2,1-2H3;11-14H,2-10H2,1H3;8H,2-7H2,1H3;3*1-10H;1H4;2*1H2/q;;;3*-1;;;. The van der Waals surface area contributed by atoms with Crippen molar-refractivity contribution in [3.05, 3.63) is 203 Å². The number of esters is 4. The van der Waals surface area contributed by atoms with Crippen LogP contribution >= 0.6 is 0 Å². The first kappa shape index (κ1) is 111.